The first-order valence-corrected chi connectivity index (χ1v) is 6.86. The van der Waals surface area contributed by atoms with Crippen LogP contribution < -0.4 is 5.01 Å². The molecule has 0 saturated carbocycles. The second-order valence-corrected chi connectivity index (χ2v) is 5.12. The van der Waals surface area contributed by atoms with Gasteiger partial charge in [-0.15, -0.1) is 0 Å². The van der Waals surface area contributed by atoms with Crippen LogP contribution in [0.25, 0.3) is 0 Å². The third kappa shape index (κ3) is 2.19. The number of halogens is 1. The normalized spacial score (nSPS) is 18.6. The molecule has 3 nitrogen and oxygen atoms in total. The maximum Gasteiger partial charge on any atom is 0.267 e. The van der Waals surface area contributed by atoms with E-state index in [-0.39, 0.29) is 5.91 Å². The Kier molecular flexibility index (Phi) is 3.17. The van der Waals surface area contributed by atoms with Crippen LogP contribution in [0.5, 0.6) is 0 Å². The summed E-state index contributed by atoms with van der Waals surface area (Å²) >= 11 is 3.42. The van der Waals surface area contributed by atoms with Crippen LogP contribution in [0.15, 0.2) is 65.8 Å². The predicted octanol–water partition coefficient (Wildman–Crippen LogP) is 3.20. The highest BCUT2D eigenvalue weighted by atomic mass is 79.9. The van der Waals surface area contributed by atoms with Crippen LogP contribution in [0.2, 0.25) is 0 Å². The molecule has 1 amide bonds. The molecule has 0 fully saturated rings. The van der Waals surface area contributed by atoms with Crippen molar-refractivity contribution in [3.05, 3.63) is 66.2 Å². The number of hydrazone groups is 1. The highest BCUT2D eigenvalue weighted by Gasteiger charge is 2.35. The Labute approximate surface area is 119 Å². The van der Waals surface area contributed by atoms with E-state index in [1.807, 2.05) is 60.7 Å². The summed E-state index contributed by atoms with van der Waals surface area (Å²) in [5, 5.41) is 5.89. The van der Waals surface area contributed by atoms with Gasteiger partial charge in [0.15, 0.2) is 0 Å². The SMILES string of the molecule is O=C1[C@H](Br)C(c2ccccc2)=NN1c1ccccc1. The molecule has 1 aliphatic heterocycles. The van der Waals surface area contributed by atoms with Gasteiger partial charge in [0, 0.05) is 0 Å². The van der Waals surface area contributed by atoms with E-state index in [2.05, 4.69) is 21.0 Å². The van der Waals surface area contributed by atoms with Crippen LogP contribution in [0.1, 0.15) is 5.56 Å². The second-order valence-electron chi connectivity index (χ2n) is 4.20. The second kappa shape index (κ2) is 4.97. The number of anilines is 1. The minimum Gasteiger partial charge on any atom is -0.271 e. The van der Waals surface area contributed by atoms with Crippen molar-refractivity contribution in [3.8, 4) is 0 Å². The number of benzene rings is 2. The smallest absolute Gasteiger partial charge is 0.267 e. The Hall–Kier alpha value is -1.94. The van der Waals surface area contributed by atoms with E-state index < -0.39 is 4.83 Å². The molecule has 0 radical (unpaired) electrons. The maximum absolute atomic E-state index is 12.3. The molecule has 0 aromatic heterocycles. The van der Waals surface area contributed by atoms with E-state index in [1.54, 1.807) is 0 Å². The highest BCUT2D eigenvalue weighted by molar-refractivity contribution is 9.10. The molecule has 1 atom stereocenters. The van der Waals surface area contributed by atoms with Crippen LogP contribution in [-0.2, 0) is 4.79 Å². The quantitative estimate of drug-likeness (QED) is 0.783. The fraction of sp³-hybridized carbons (Fsp3) is 0.0667. The first-order valence-electron chi connectivity index (χ1n) is 5.94. The molecule has 2 aromatic carbocycles. The number of rotatable bonds is 2. The van der Waals surface area contributed by atoms with Gasteiger partial charge in [0.2, 0.25) is 0 Å². The topological polar surface area (TPSA) is 32.7 Å². The summed E-state index contributed by atoms with van der Waals surface area (Å²) in [6.07, 6.45) is 0. The minimum atomic E-state index is -0.393. The average molecular weight is 315 g/mol. The van der Waals surface area contributed by atoms with Crippen molar-refractivity contribution in [2.75, 3.05) is 5.01 Å². The zero-order valence-corrected chi connectivity index (χ0v) is 11.6. The van der Waals surface area contributed by atoms with Gasteiger partial charge in [0.05, 0.1) is 11.4 Å². The standard InChI is InChI=1S/C15H11BrN2O/c16-13-14(11-7-3-1-4-8-11)17-18(15(13)19)12-9-5-2-6-10-12/h1-10,13H/t13-/m1/s1. The number of hydrogen-bond donors (Lipinski definition) is 0. The van der Waals surface area contributed by atoms with Gasteiger partial charge >= 0.3 is 0 Å². The molecule has 0 bridgehead atoms. The molecule has 0 saturated heterocycles. The molecule has 2 aromatic rings. The summed E-state index contributed by atoms with van der Waals surface area (Å²) in [6, 6.07) is 19.2. The Bertz CT molecular complexity index is 625. The summed E-state index contributed by atoms with van der Waals surface area (Å²) in [7, 11) is 0. The fourth-order valence-corrected chi connectivity index (χ4v) is 2.55. The lowest BCUT2D eigenvalue weighted by Crippen LogP contribution is -2.27. The highest BCUT2D eigenvalue weighted by Crippen LogP contribution is 2.26. The van der Waals surface area contributed by atoms with Crippen LogP contribution in [0, 0.1) is 0 Å². The minimum absolute atomic E-state index is 0.0648. The Morgan fingerprint density at radius 2 is 1.53 bits per heavy atom. The van der Waals surface area contributed by atoms with Crippen molar-refractivity contribution in [2.24, 2.45) is 5.10 Å². The third-order valence-electron chi connectivity index (χ3n) is 2.94. The van der Waals surface area contributed by atoms with Crippen LogP contribution in [0.3, 0.4) is 0 Å². The van der Waals surface area contributed by atoms with Crippen molar-refractivity contribution in [1.82, 2.24) is 0 Å². The number of amides is 1. The Morgan fingerprint density at radius 3 is 2.16 bits per heavy atom. The summed E-state index contributed by atoms with van der Waals surface area (Å²) in [6.45, 7) is 0. The van der Waals surface area contributed by atoms with Crippen molar-refractivity contribution in [2.45, 2.75) is 4.83 Å². The Balaban J connectivity index is 2.01. The molecular weight excluding hydrogens is 304 g/mol. The first kappa shape index (κ1) is 12.1. The molecule has 19 heavy (non-hydrogen) atoms. The first-order chi connectivity index (χ1) is 9.27. The lowest BCUT2D eigenvalue weighted by molar-refractivity contribution is -0.116. The van der Waals surface area contributed by atoms with Crippen molar-refractivity contribution in [3.63, 3.8) is 0 Å². The van der Waals surface area contributed by atoms with Crippen molar-refractivity contribution >= 4 is 33.2 Å². The lowest BCUT2D eigenvalue weighted by atomic mass is 10.1. The number of hydrogen-bond acceptors (Lipinski definition) is 2. The number of alkyl halides is 1. The molecular formula is C15H11BrN2O. The Morgan fingerprint density at radius 1 is 0.947 bits per heavy atom. The monoisotopic (exact) mass is 314 g/mol. The van der Waals surface area contributed by atoms with Gasteiger partial charge in [0.1, 0.15) is 4.83 Å². The van der Waals surface area contributed by atoms with E-state index >= 15 is 0 Å². The van der Waals surface area contributed by atoms with E-state index in [0.29, 0.717) is 0 Å². The number of para-hydroxylation sites is 1. The van der Waals surface area contributed by atoms with Crippen molar-refractivity contribution < 1.29 is 4.79 Å². The molecule has 3 rings (SSSR count). The molecule has 0 spiro atoms. The zero-order chi connectivity index (χ0) is 13.2. The predicted molar refractivity (Wildman–Crippen MR) is 79.6 cm³/mol. The summed E-state index contributed by atoms with van der Waals surface area (Å²) in [5.41, 5.74) is 2.48. The summed E-state index contributed by atoms with van der Waals surface area (Å²) in [4.78, 5) is 11.9. The fourth-order valence-electron chi connectivity index (χ4n) is 2.00. The molecule has 1 aliphatic rings. The van der Waals surface area contributed by atoms with Gasteiger partial charge in [-0.1, -0.05) is 64.5 Å². The largest absolute Gasteiger partial charge is 0.271 e. The van der Waals surface area contributed by atoms with E-state index in [1.165, 1.54) is 5.01 Å². The van der Waals surface area contributed by atoms with Gasteiger partial charge in [-0.3, -0.25) is 4.79 Å². The van der Waals surface area contributed by atoms with Crippen LogP contribution in [0.4, 0.5) is 5.69 Å². The zero-order valence-electron chi connectivity index (χ0n) is 10.0. The van der Waals surface area contributed by atoms with Gasteiger partial charge in [-0.2, -0.15) is 10.1 Å². The maximum atomic E-state index is 12.3. The van der Waals surface area contributed by atoms with E-state index in [0.717, 1.165) is 17.0 Å². The molecule has 0 aliphatic carbocycles. The molecule has 4 heteroatoms. The van der Waals surface area contributed by atoms with Crippen LogP contribution in [-0.4, -0.2) is 16.4 Å². The van der Waals surface area contributed by atoms with Gasteiger partial charge < -0.3 is 0 Å². The number of carbonyl (C=O) groups excluding carboxylic acids is 1. The molecule has 0 unspecified atom stereocenters. The van der Waals surface area contributed by atoms with Gasteiger partial charge in [0.25, 0.3) is 5.91 Å². The van der Waals surface area contributed by atoms with Crippen molar-refractivity contribution in [1.29, 1.82) is 0 Å². The number of nitrogens with zero attached hydrogens (tertiary/aromatic N) is 2. The van der Waals surface area contributed by atoms with Gasteiger partial charge in [-0.05, 0) is 17.7 Å². The number of carbonyl (C=O) groups is 1. The van der Waals surface area contributed by atoms with Crippen LogP contribution >= 0.6 is 15.9 Å². The summed E-state index contributed by atoms with van der Waals surface area (Å²) in [5.74, 6) is -0.0648. The van der Waals surface area contributed by atoms with Gasteiger partial charge in [-0.25, -0.2) is 0 Å². The lowest BCUT2D eigenvalue weighted by Gasteiger charge is -2.11. The molecule has 0 N–H and O–H groups in total. The molecule has 1 heterocycles. The molecule has 94 valence electrons. The third-order valence-corrected chi connectivity index (χ3v) is 3.77. The summed E-state index contributed by atoms with van der Waals surface area (Å²) < 4.78 is 0. The van der Waals surface area contributed by atoms with E-state index in [4.69, 9.17) is 0 Å². The van der Waals surface area contributed by atoms with E-state index in [9.17, 15) is 4.79 Å². The average Bonchev–Trinajstić information content (AvgIpc) is 2.77.